The van der Waals surface area contributed by atoms with Crippen molar-refractivity contribution in [1.29, 1.82) is 0 Å². The van der Waals surface area contributed by atoms with Crippen molar-refractivity contribution in [1.82, 2.24) is 5.32 Å². The van der Waals surface area contributed by atoms with Gasteiger partial charge in [-0.05, 0) is 77.5 Å². The van der Waals surface area contributed by atoms with Crippen LogP contribution in [0.2, 0.25) is 0 Å². The molecule has 9 nitrogen and oxygen atoms in total. The first-order valence-electron chi connectivity index (χ1n) is 13.0. The molecule has 2 aliphatic rings. The number of benzene rings is 2. The summed E-state index contributed by atoms with van der Waals surface area (Å²) in [7, 11) is 4.60. The highest BCUT2D eigenvalue weighted by Gasteiger charge is 2.42. The fourth-order valence-corrected chi connectivity index (χ4v) is 5.78. The first-order valence-corrected chi connectivity index (χ1v) is 13.8. The molecule has 0 amide bonds. The van der Waals surface area contributed by atoms with Gasteiger partial charge >= 0.3 is 5.97 Å². The molecule has 1 aliphatic heterocycles. The maximum absolute atomic E-state index is 13.9. The quantitative estimate of drug-likeness (QED) is 0.278. The van der Waals surface area contributed by atoms with Crippen LogP contribution in [0.5, 0.6) is 23.0 Å². The molecular formula is C30H34BrNO8. The van der Waals surface area contributed by atoms with Gasteiger partial charge in [0.15, 0.2) is 28.8 Å². The van der Waals surface area contributed by atoms with Gasteiger partial charge in [0.1, 0.15) is 6.61 Å². The van der Waals surface area contributed by atoms with Crippen molar-refractivity contribution in [3.63, 3.8) is 0 Å². The summed E-state index contributed by atoms with van der Waals surface area (Å²) in [5.41, 5.74) is 3.73. The number of hydrogen-bond acceptors (Lipinski definition) is 9. The molecule has 0 unspecified atom stereocenters. The van der Waals surface area contributed by atoms with Crippen molar-refractivity contribution >= 4 is 27.7 Å². The van der Waals surface area contributed by atoms with E-state index in [1.807, 2.05) is 25.1 Å². The highest BCUT2D eigenvalue weighted by atomic mass is 79.9. The number of phenolic OH excluding ortho intramolecular Hbond substituents is 1. The predicted molar refractivity (Wildman–Crippen MR) is 152 cm³/mol. The molecule has 2 N–H and O–H groups in total. The molecule has 4 rings (SSSR count). The summed E-state index contributed by atoms with van der Waals surface area (Å²) in [4.78, 5) is 27.3. The average Bonchev–Trinajstić information content (AvgIpc) is 2.95. The lowest BCUT2D eigenvalue weighted by atomic mass is 9.71. The van der Waals surface area contributed by atoms with Gasteiger partial charge in [0.05, 0.1) is 38.0 Å². The Bertz CT molecular complexity index is 1370. The van der Waals surface area contributed by atoms with Crippen molar-refractivity contribution in [2.24, 2.45) is 0 Å². The van der Waals surface area contributed by atoms with Crippen LogP contribution in [0.1, 0.15) is 49.7 Å². The van der Waals surface area contributed by atoms with Gasteiger partial charge in [-0.2, -0.15) is 0 Å². The molecule has 2 atom stereocenters. The highest BCUT2D eigenvalue weighted by Crippen LogP contribution is 2.48. The number of methoxy groups -OCH3 is 3. The molecule has 1 aliphatic carbocycles. The van der Waals surface area contributed by atoms with Gasteiger partial charge in [-0.15, -0.1) is 0 Å². The second-order valence-electron chi connectivity index (χ2n) is 9.52. The molecule has 214 valence electrons. The molecule has 0 radical (unpaired) electrons. The topological polar surface area (TPSA) is 113 Å². The zero-order valence-corrected chi connectivity index (χ0v) is 24.8. The molecule has 0 spiro atoms. The van der Waals surface area contributed by atoms with Crippen molar-refractivity contribution < 1.29 is 38.4 Å². The van der Waals surface area contributed by atoms with E-state index < -0.39 is 11.9 Å². The second-order valence-corrected chi connectivity index (χ2v) is 10.4. The standard InChI is InChI=1S/C30H34BrNO8/c1-6-39-9-10-40-30(35)26-16(2)32-21-12-18(17-7-8-23(36-3)24(14-17)37-4)13-22(33)28(21)27(26)19-11-20(31)29(34)25(15-19)38-5/h7-8,11,14-15,18,27,32,34H,6,9-10,12-13H2,1-5H3/t18-,27-/m1/s1. The summed E-state index contributed by atoms with van der Waals surface area (Å²) in [5.74, 6) is -0.0998. The highest BCUT2D eigenvalue weighted by molar-refractivity contribution is 9.10. The molecule has 2 aromatic carbocycles. The van der Waals surface area contributed by atoms with Crippen molar-refractivity contribution in [3.8, 4) is 23.0 Å². The average molecular weight is 617 g/mol. The van der Waals surface area contributed by atoms with Crippen molar-refractivity contribution in [3.05, 3.63) is 68.5 Å². The zero-order chi connectivity index (χ0) is 29.0. The lowest BCUT2D eigenvalue weighted by Crippen LogP contribution is -2.36. The number of carbonyl (C=O) groups excluding carboxylic acids is 2. The largest absolute Gasteiger partial charge is 0.503 e. The van der Waals surface area contributed by atoms with Crippen LogP contribution < -0.4 is 19.5 Å². The monoisotopic (exact) mass is 615 g/mol. The van der Waals surface area contributed by atoms with E-state index >= 15 is 0 Å². The fraction of sp³-hybridized carbons (Fsp3) is 0.400. The van der Waals surface area contributed by atoms with Crippen LogP contribution in [0.4, 0.5) is 0 Å². The molecule has 2 aromatic rings. The Hall–Kier alpha value is -3.50. The number of aromatic hydroxyl groups is 1. The number of hydrogen-bond donors (Lipinski definition) is 2. The minimum Gasteiger partial charge on any atom is -0.503 e. The van der Waals surface area contributed by atoms with Gasteiger partial charge in [0.2, 0.25) is 0 Å². The number of allylic oxidation sites excluding steroid dienone is 3. The van der Waals surface area contributed by atoms with Gasteiger partial charge in [-0.3, -0.25) is 4.79 Å². The van der Waals surface area contributed by atoms with E-state index in [0.717, 1.165) is 11.3 Å². The molecule has 0 saturated carbocycles. The van der Waals surface area contributed by atoms with E-state index in [1.165, 1.54) is 7.11 Å². The third-order valence-electron chi connectivity index (χ3n) is 7.20. The van der Waals surface area contributed by atoms with Crippen LogP contribution in [-0.2, 0) is 19.1 Å². The number of dihydropyridines is 1. The van der Waals surface area contributed by atoms with E-state index in [9.17, 15) is 14.7 Å². The van der Waals surface area contributed by atoms with Gasteiger partial charge in [-0.1, -0.05) is 6.07 Å². The smallest absolute Gasteiger partial charge is 0.336 e. The van der Waals surface area contributed by atoms with Crippen molar-refractivity contribution in [2.45, 2.75) is 38.5 Å². The van der Waals surface area contributed by atoms with Crippen LogP contribution >= 0.6 is 15.9 Å². The third kappa shape index (κ3) is 5.83. The summed E-state index contributed by atoms with van der Waals surface area (Å²) in [6.07, 6.45) is 0.794. The number of Topliss-reactive ketones (excluding diaryl/α,β-unsaturated/α-hetero) is 1. The van der Waals surface area contributed by atoms with E-state index in [-0.39, 0.29) is 42.8 Å². The Kier molecular flexibility index (Phi) is 9.42. The summed E-state index contributed by atoms with van der Waals surface area (Å²) in [6, 6.07) is 9.02. The minimum absolute atomic E-state index is 0.0700. The molecule has 1 heterocycles. The number of nitrogens with one attached hydrogen (secondary N) is 1. The Balaban J connectivity index is 1.78. The van der Waals surface area contributed by atoms with E-state index in [0.29, 0.717) is 51.4 Å². The van der Waals surface area contributed by atoms with Crippen LogP contribution in [0.15, 0.2) is 57.3 Å². The summed E-state index contributed by atoms with van der Waals surface area (Å²) >= 11 is 3.39. The Morgan fingerprint density at radius 1 is 1.00 bits per heavy atom. The zero-order valence-electron chi connectivity index (χ0n) is 23.3. The van der Waals surface area contributed by atoms with Gasteiger partial charge in [-0.25, -0.2) is 4.79 Å². The normalized spacial score (nSPS) is 18.7. The molecule has 0 bridgehead atoms. The minimum atomic E-state index is -0.722. The van der Waals surface area contributed by atoms with Crippen molar-refractivity contribution in [2.75, 3.05) is 41.2 Å². The number of rotatable bonds is 10. The SMILES string of the molecule is CCOCCOC(=O)C1=C(C)NC2=C(C(=O)C[C@H](c3ccc(OC)c(OC)c3)C2)[C@@H]1c1cc(Br)c(O)c(OC)c1. The van der Waals surface area contributed by atoms with E-state index in [4.69, 9.17) is 23.7 Å². The Morgan fingerprint density at radius 2 is 1.70 bits per heavy atom. The maximum atomic E-state index is 13.9. The van der Waals surface area contributed by atoms with Gasteiger partial charge in [0, 0.05) is 35.9 Å². The summed E-state index contributed by atoms with van der Waals surface area (Å²) in [6.45, 7) is 4.53. The van der Waals surface area contributed by atoms with Crippen LogP contribution in [-0.4, -0.2) is 58.0 Å². The lowest BCUT2D eigenvalue weighted by Gasteiger charge is -2.37. The number of esters is 1. The second kappa shape index (κ2) is 12.8. The number of ketones is 1. The van der Waals surface area contributed by atoms with E-state index in [1.54, 1.807) is 33.3 Å². The van der Waals surface area contributed by atoms with Gasteiger partial charge < -0.3 is 34.1 Å². The fourth-order valence-electron chi connectivity index (χ4n) is 5.32. The number of phenols is 1. The Labute approximate surface area is 242 Å². The number of ether oxygens (including phenoxy) is 5. The van der Waals surface area contributed by atoms with Gasteiger partial charge in [0.25, 0.3) is 0 Å². The molecule has 10 heteroatoms. The Morgan fingerprint density at radius 3 is 2.38 bits per heavy atom. The van der Waals surface area contributed by atoms with Crippen LogP contribution in [0.25, 0.3) is 0 Å². The first-order chi connectivity index (χ1) is 19.2. The summed E-state index contributed by atoms with van der Waals surface area (Å²) in [5, 5.41) is 13.8. The molecule has 0 saturated heterocycles. The molecule has 0 aromatic heterocycles. The lowest BCUT2D eigenvalue weighted by molar-refractivity contribution is -0.140. The molecule has 40 heavy (non-hydrogen) atoms. The number of carbonyl (C=O) groups is 2. The third-order valence-corrected chi connectivity index (χ3v) is 7.80. The van der Waals surface area contributed by atoms with Crippen LogP contribution in [0.3, 0.4) is 0 Å². The first kappa shape index (κ1) is 29.5. The maximum Gasteiger partial charge on any atom is 0.336 e. The van der Waals surface area contributed by atoms with Crippen LogP contribution in [0, 0.1) is 0 Å². The molecular weight excluding hydrogens is 582 g/mol. The molecule has 0 fully saturated rings. The van der Waals surface area contributed by atoms with E-state index in [2.05, 4.69) is 21.2 Å². The summed E-state index contributed by atoms with van der Waals surface area (Å²) < 4.78 is 27.5. The predicted octanol–water partition coefficient (Wildman–Crippen LogP) is 5.12. The number of halogens is 1.